The lowest BCUT2D eigenvalue weighted by Crippen LogP contribution is -2.17. The van der Waals surface area contributed by atoms with Crippen molar-refractivity contribution in [1.29, 1.82) is 0 Å². The van der Waals surface area contributed by atoms with E-state index in [-0.39, 0.29) is 0 Å². The topological polar surface area (TPSA) is 35.8 Å². The first-order valence-electron chi connectivity index (χ1n) is 9.53. The van der Waals surface area contributed by atoms with E-state index in [0.29, 0.717) is 16.6 Å². The minimum atomic E-state index is 0.580. The Morgan fingerprint density at radius 2 is 1.71 bits per heavy atom. The number of halogens is 2. The molecule has 0 N–H and O–H groups in total. The molecule has 31 heavy (non-hydrogen) atoms. The van der Waals surface area contributed by atoms with Crippen LogP contribution in [-0.2, 0) is 6.54 Å². The molecular weight excluding hydrogens is 451 g/mol. The maximum Gasteiger partial charge on any atom is 0.190 e. The number of aromatic nitrogens is 1. The number of benzene rings is 3. The van der Waals surface area contributed by atoms with Crippen molar-refractivity contribution in [3.05, 3.63) is 92.5 Å². The molecule has 0 amide bonds. The summed E-state index contributed by atoms with van der Waals surface area (Å²) in [7, 11) is 3.32. The number of ether oxygens (including phenoxy) is 2. The Balaban J connectivity index is 1.87. The van der Waals surface area contributed by atoms with Crippen molar-refractivity contribution in [2.24, 2.45) is 4.99 Å². The molecule has 0 fully saturated rings. The molecule has 0 saturated heterocycles. The predicted molar refractivity (Wildman–Crippen MR) is 128 cm³/mol. The first-order valence-corrected chi connectivity index (χ1v) is 11.2. The Hall–Kier alpha value is -2.73. The highest BCUT2D eigenvalue weighted by atomic mass is 35.5. The van der Waals surface area contributed by atoms with Crippen molar-refractivity contribution in [2.75, 3.05) is 14.2 Å². The molecule has 1 aromatic heterocycles. The molecule has 4 nitrogen and oxygen atoms in total. The Bertz CT molecular complexity index is 1260. The molecule has 0 spiro atoms. The Kier molecular flexibility index (Phi) is 6.66. The highest BCUT2D eigenvalue weighted by molar-refractivity contribution is 7.07. The second kappa shape index (κ2) is 9.60. The summed E-state index contributed by atoms with van der Waals surface area (Å²) in [6, 6.07) is 21.1. The lowest BCUT2D eigenvalue weighted by atomic mass is 10.1. The van der Waals surface area contributed by atoms with Gasteiger partial charge in [0.25, 0.3) is 0 Å². The number of para-hydroxylation sites is 1. The third kappa shape index (κ3) is 4.79. The van der Waals surface area contributed by atoms with E-state index >= 15 is 0 Å². The summed E-state index contributed by atoms with van der Waals surface area (Å²) in [5.41, 5.74) is 3.74. The number of rotatable bonds is 6. The third-order valence-corrected chi connectivity index (χ3v) is 6.23. The van der Waals surface area contributed by atoms with E-state index in [1.165, 1.54) is 0 Å². The first kappa shape index (κ1) is 21.5. The average molecular weight is 471 g/mol. The smallest absolute Gasteiger partial charge is 0.190 e. The predicted octanol–water partition coefficient (Wildman–Crippen LogP) is 6.82. The van der Waals surface area contributed by atoms with Gasteiger partial charge in [0, 0.05) is 21.5 Å². The van der Waals surface area contributed by atoms with Crippen LogP contribution in [0.25, 0.3) is 11.3 Å². The molecule has 0 aliphatic rings. The van der Waals surface area contributed by atoms with Crippen LogP contribution in [0, 0.1) is 0 Å². The molecule has 0 aliphatic heterocycles. The van der Waals surface area contributed by atoms with Gasteiger partial charge in [-0.05, 0) is 48.5 Å². The molecule has 0 bridgehead atoms. The number of methoxy groups -OCH3 is 2. The van der Waals surface area contributed by atoms with Crippen LogP contribution in [0.3, 0.4) is 0 Å². The van der Waals surface area contributed by atoms with Crippen LogP contribution in [0.2, 0.25) is 10.0 Å². The van der Waals surface area contributed by atoms with Gasteiger partial charge < -0.3 is 14.0 Å². The molecule has 0 unspecified atom stereocenters. The quantitative estimate of drug-likeness (QED) is 0.309. The zero-order chi connectivity index (χ0) is 21.8. The summed E-state index contributed by atoms with van der Waals surface area (Å²) in [5, 5.41) is 3.26. The number of nitrogens with zero attached hydrogens (tertiary/aromatic N) is 2. The highest BCUT2D eigenvalue weighted by Gasteiger charge is 2.14. The SMILES string of the molecule is COc1ccc(N=c2scc(-c3ccc(Cl)cc3Cl)n2Cc2ccccc2OC)cc1. The summed E-state index contributed by atoms with van der Waals surface area (Å²) in [6.45, 7) is 0.580. The fourth-order valence-corrected chi connectivity index (χ4v) is 4.68. The van der Waals surface area contributed by atoms with Crippen LogP contribution >= 0.6 is 34.5 Å². The largest absolute Gasteiger partial charge is 0.497 e. The molecule has 1 heterocycles. The monoisotopic (exact) mass is 470 g/mol. The number of hydrogen-bond acceptors (Lipinski definition) is 4. The van der Waals surface area contributed by atoms with E-state index in [0.717, 1.165) is 38.8 Å². The van der Waals surface area contributed by atoms with Crippen LogP contribution in [0.1, 0.15) is 5.56 Å². The van der Waals surface area contributed by atoms with Crippen LogP contribution in [0.15, 0.2) is 77.1 Å². The van der Waals surface area contributed by atoms with Crippen LogP contribution < -0.4 is 14.3 Å². The fourth-order valence-electron chi connectivity index (χ4n) is 3.26. The van der Waals surface area contributed by atoms with E-state index in [1.54, 1.807) is 31.6 Å². The van der Waals surface area contributed by atoms with Crippen molar-refractivity contribution in [3.63, 3.8) is 0 Å². The van der Waals surface area contributed by atoms with Gasteiger partial charge in [0.05, 0.1) is 37.2 Å². The number of hydrogen-bond donors (Lipinski definition) is 0. The van der Waals surface area contributed by atoms with Gasteiger partial charge in [0.15, 0.2) is 4.80 Å². The normalized spacial score (nSPS) is 11.5. The maximum atomic E-state index is 6.54. The van der Waals surface area contributed by atoms with Crippen LogP contribution in [0.5, 0.6) is 11.5 Å². The Morgan fingerprint density at radius 1 is 0.935 bits per heavy atom. The summed E-state index contributed by atoms with van der Waals surface area (Å²) in [4.78, 5) is 5.72. The lowest BCUT2D eigenvalue weighted by molar-refractivity contribution is 0.408. The molecule has 4 rings (SSSR count). The van der Waals surface area contributed by atoms with Gasteiger partial charge in [-0.3, -0.25) is 0 Å². The van der Waals surface area contributed by atoms with Crippen LogP contribution in [0.4, 0.5) is 5.69 Å². The average Bonchev–Trinajstić information content (AvgIpc) is 3.16. The van der Waals surface area contributed by atoms with Crippen molar-refractivity contribution in [2.45, 2.75) is 6.54 Å². The summed E-state index contributed by atoms with van der Waals surface area (Å²) in [6.07, 6.45) is 0. The van der Waals surface area contributed by atoms with Gasteiger partial charge >= 0.3 is 0 Å². The highest BCUT2D eigenvalue weighted by Crippen LogP contribution is 2.32. The zero-order valence-electron chi connectivity index (χ0n) is 17.0. The molecule has 3 aromatic carbocycles. The minimum Gasteiger partial charge on any atom is -0.497 e. The van der Waals surface area contributed by atoms with E-state index in [9.17, 15) is 0 Å². The van der Waals surface area contributed by atoms with Gasteiger partial charge in [-0.2, -0.15) is 0 Å². The van der Waals surface area contributed by atoms with Crippen molar-refractivity contribution in [3.8, 4) is 22.8 Å². The van der Waals surface area contributed by atoms with Crippen LogP contribution in [-0.4, -0.2) is 18.8 Å². The lowest BCUT2D eigenvalue weighted by Gasteiger charge is -2.13. The second-order valence-corrected chi connectivity index (χ2v) is 8.42. The van der Waals surface area contributed by atoms with Crippen molar-refractivity contribution in [1.82, 2.24) is 4.57 Å². The molecule has 0 radical (unpaired) electrons. The molecule has 4 aromatic rings. The summed E-state index contributed by atoms with van der Waals surface area (Å²) >= 11 is 14.2. The van der Waals surface area contributed by atoms with Gasteiger partial charge in [-0.15, -0.1) is 11.3 Å². The third-order valence-electron chi connectivity index (χ3n) is 4.82. The van der Waals surface area contributed by atoms with Crippen molar-refractivity contribution < 1.29 is 9.47 Å². The number of thiazole rings is 1. The molecule has 0 aliphatic carbocycles. The molecular formula is C24H20Cl2N2O2S. The maximum absolute atomic E-state index is 6.54. The standard InChI is InChI=1S/C24H20Cl2N2O2S/c1-29-19-10-8-18(9-11-19)27-24-28(14-16-5-3-4-6-23(16)30-2)22(15-31-24)20-12-7-17(25)13-21(20)26/h3-13,15H,14H2,1-2H3. The van der Waals surface area contributed by atoms with E-state index < -0.39 is 0 Å². The summed E-state index contributed by atoms with van der Waals surface area (Å²) in [5.74, 6) is 1.62. The fraction of sp³-hybridized carbons (Fsp3) is 0.125. The molecule has 7 heteroatoms. The summed E-state index contributed by atoms with van der Waals surface area (Å²) < 4.78 is 13.0. The van der Waals surface area contributed by atoms with Gasteiger partial charge in [0.2, 0.25) is 0 Å². The first-order chi connectivity index (χ1) is 15.1. The van der Waals surface area contributed by atoms with Gasteiger partial charge in [-0.1, -0.05) is 41.4 Å². The van der Waals surface area contributed by atoms with E-state index in [4.69, 9.17) is 37.7 Å². The second-order valence-electron chi connectivity index (χ2n) is 6.74. The van der Waals surface area contributed by atoms with E-state index in [2.05, 4.69) is 9.95 Å². The molecule has 0 atom stereocenters. The molecule has 0 saturated carbocycles. The van der Waals surface area contributed by atoms with Gasteiger partial charge in [-0.25, -0.2) is 4.99 Å². The minimum absolute atomic E-state index is 0.580. The Labute approximate surface area is 194 Å². The van der Waals surface area contributed by atoms with Gasteiger partial charge in [0.1, 0.15) is 11.5 Å². The zero-order valence-corrected chi connectivity index (χ0v) is 19.3. The molecule has 158 valence electrons. The van der Waals surface area contributed by atoms with E-state index in [1.807, 2.05) is 60.7 Å². The van der Waals surface area contributed by atoms with Crippen molar-refractivity contribution >= 4 is 40.2 Å². The Morgan fingerprint density at radius 3 is 2.42 bits per heavy atom.